The lowest BCUT2D eigenvalue weighted by molar-refractivity contribution is -0.129. The Kier molecular flexibility index (Phi) is 7.44. The maximum absolute atomic E-state index is 11.0. The first-order chi connectivity index (χ1) is 13.2. The van der Waals surface area contributed by atoms with Gasteiger partial charge in [-0.05, 0) is 62.3 Å². The Bertz CT molecular complexity index is 618. The lowest BCUT2D eigenvalue weighted by Crippen LogP contribution is -2.27. The van der Waals surface area contributed by atoms with Gasteiger partial charge in [0.05, 0.1) is 18.3 Å². The highest BCUT2D eigenvalue weighted by Crippen LogP contribution is 2.47. The number of hydrogen-bond acceptors (Lipinski definition) is 4. The smallest absolute Gasteiger partial charge is 0.243 e. The van der Waals surface area contributed by atoms with Gasteiger partial charge in [-0.2, -0.15) is 0 Å². The fourth-order valence-electron chi connectivity index (χ4n) is 4.60. The van der Waals surface area contributed by atoms with Crippen molar-refractivity contribution in [2.24, 2.45) is 11.8 Å². The van der Waals surface area contributed by atoms with E-state index in [9.17, 15) is 9.90 Å². The fraction of sp³-hybridized carbons (Fsp3) is 0.591. The normalized spacial score (nSPS) is 27.9. The molecular weight excluding hydrogens is 342 g/mol. The summed E-state index contributed by atoms with van der Waals surface area (Å²) in [7, 11) is 0. The topological polar surface area (TPSA) is 78.8 Å². The molecule has 1 unspecified atom stereocenters. The molecule has 1 amide bonds. The first kappa shape index (κ1) is 20.1. The van der Waals surface area contributed by atoms with Gasteiger partial charge in [-0.15, -0.1) is 0 Å². The molecule has 148 valence electrons. The Hall–Kier alpha value is -1.69. The van der Waals surface area contributed by atoms with Gasteiger partial charge in [-0.25, -0.2) is 5.48 Å². The second-order valence-electron chi connectivity index (χ2n) is 7.76. The Morgan fingerprint density at radius 1 is 1.19 bits per heavy atom. The molecule has 2 heterocycles. The van der Waals surface area contributed by atoms with Gasteiger partial charge >= 0.3 is 0 Å². The van der Waals surface area contributed by atoms with E-state index in [1.54, 1.807) is 5.48 Å². The molecule has 3 rings (SSSR count). The van der Waals surface area contributed by atoms with Crippen LogP contribution in [0.1, 0.15) is 63.0 Å². The number of carbonyl (C=O) groups excluding carboxylic acids is 1. The molecule has 2 saturated heterocycles. The van der Waals surface area contributed by atoms with E-state index in [4.69, 9.17) is 9.94 Å². The van der Waals surface area contributed by atoms with Crippen LogP contribution >= 0.6 is 0 Å². The van der Waals surface area contributed by atoms with Gasteiger partial charge in [0.2, 0.25) is 5.91 Å². The standard InChI is InChI=1S/C22H31NO4/c24-19(16-8-4-3-5-9-16)13-12-18-17(20-14-15-21(18)27-20)10-6-1-2-7-11-22(25)23-26/h1,3-6,8-9,17-21,24,26H,2,7,10-15H2,(H,23,25)/t17-,18+,19?,20-,21+/m0/s1. The summed E-state index contributed by atoms with van der Waals surface area (Å²) in [5, 5.41) is 19.0. The van der Waals surface area contributed by atoms with Crippen molar-refractivity contribution in [1.29, 1.82) is 0 Å². The summed E-state index contributed by atoms with van der Waals surface area (Å²) >= 11 is 0. The summed E-state index contributed by atoms with van der Waals surface area (Å²) in [6.45, 7) is 0. The molecule has 0 aliphatic carbocycles. The molecule has 2 bridgehead atoms. The Balaban J connectivity index is 1.45. The van der Waals surface area contributed by atoms with Gasteiger partial charge in [0.1, 0.15) is 0 Å². The second-order valence-corrected chi connectivity index (χ2v) is 7.76. The zero-order valence-electron chi connectivity index (χ0n) is 15.8. The number of aliphatic hydroxyl groups is 1. The zero-order chi connectivity index (χ0) is 19.1. The van der Waals surface area contributed by atoms with Crippen LogP contribution in [0.25, 0.3) is 0 Å². The zero-order valence-corrected chi connectivity index (χ0v) is 15.8. The van der Waals surface area contributed by atoms with Crippen LogP contribution < -0.4 is 5.48 Å². The molecule has 2 aliphatic rings. The maximum atomic E-state index is 11.0. The molecule has 5 heteroatoms. The summed E-state index contributed by atoms with van der Waals surface area (Å²) in [6.07, 6.45) is 11.6. The molecule has 1 aromatic carbocycles. The monoisotopic (exact) mass is 373 g/mol. The number of fused-ring (bicyclic) bond motifs is 2. The fourth-order valence-corrected chi connectivity index (χ4v) is 4.60. The van der Waals surface area contributed by atoms with Gasteiger partial charge < -0.3 is 9.84 Å². The van der Waals surface area contributed by atoms with Gasteiger partial charge in [0.15, 0.2) is 0 Å². The first-order valence-corrected chi connectivity index (χ1v) is 10.2. The molecule has 0 aromatic heterocycles. The maximum Gasteiger partial charge on any atom is 0.243 e. The lowest BCUT2D eigenvalue weighted by atomic mass is 9.75. The van der Waals surface area contributed by atoms with E-state index in [0.717, 1.165) is 50.5 Å². The first-order valence-electron chi connectivity index (χ1n) is 10.2. The van der Waals surface area contributed by atoms with E-state index in [-0.39, 0.29) is 5.91 Å². The van der Waals surface area contributed by atoms with Gasteiger partial charge in [0, 0.05) is 6.42 Å². The molecule has 27 heavy (non-hydrogen) atoms. The quantitative estimate of drug-likeness (QED) is 0.251. The highest BCUT2D eigenvalue weighted by atomic mass is 16.5. The third-order valence-corrected chi connectivity index (χ3v) is 6.02. The summed E-state index contributed by atoms with van der Waals surface area (Å²) < 4.78 is 6.16. The number of hydroxylamine groups is 1. The molecule has 2 fully saturated rings. The van der Waals surface area contributed by atoms with Crippen molar-refractivity contribution in [1.82, 2.24) is 5.48 Å². The number of amides is 1. The van der Waals surface area contributed by atoms with Crippen molar-refractivity contribution in [3.8, 4) is 0 Å². The van der Waals surface area contributed by atoms with Crippen molar-refractivity contribution >= 4 is 5.91 Å². The van der Waals surface area contributed by atoms with Crippen LogP contribution in [-0.4, -0.2) is 28.4 Å². The van der Waals surface area contributed by atoms with E-state index in [1.165, 1.54) is 0 Å². The van der Waals surface area contributed by atoms with E-state index in [0.29, 0.717) is 30.5 Å². The lowest BCUT2D eigenvalue weighted by Gasteiger charge is -2.28. The van der Waals surface area contributed by atoms with E-state index in [1.807, 2.05) is 30.3 Å². The predicted molar refractivity (Wildman–Crippen MR) is 103 cm³/mol. The number of ether oxygens (including phenoxy) is 1. The van der Waals surface area contributed by atoms with Gasteiger partial charge in [-0.3, -0.25) is 10.0 Å². The molecule has 1 aromatic rings. The Labute approximate surface area is 161 Å². The third-order valence-electron chi connectivity index (χ3n) is 6.02. The molecule has 5 nitrogen and oxygen atoms in total. The van der Waals surface area contributed by atoms with Crippen LogP contribution in [0.4, 0.5) is 0 Å². The van der Waals surface area contributed by atoms with Crippen LogP contribution in [-0.2, 0) is 9.53 Å². The van der Waals surface area contributed by atoms with Crippen LogP contribution in [0, 0.1) is 11.8 Å². The number of hydrogen-bond donors (Lipinski definition) is 3. The van der Waals surface area contributed by atoms with Crippen molar-refractivity contribution in [2.75, 3.05) is 0 Å². The second kappa shape index (κ2) is 10.0. The molecule has 0 saturated carbocycles. The Morgan fingerprint density at radius 2 is 1.93 bits per heavy atom. The number of nitrogens with one attached hydrogen (secondary N) is 1. The molecule has 0 radical (unpaired) electrons. The highest BCUT2D eigenvalue weighted by Gasteiger charge is 2.47. The average Bonchev–Trinajstić information content (AvgIpc) is 3.31. The highest BCUT2D eigenvalue weighted by molar-refractivity contribution is 5.74. The minimum atomic E-state index is -0.404. The van der Waals surface area contributed by atoms with E-state index in [2.05, 4.69) is 12.2 Å². The molecule has 2 aliphatic heterocycles. The van der Waals surface area contributed by atoms with Crippen molar-refractivity contribution in [2.45, 2.75) is 69.7 Å². The molecule has 5 atom stereocenters. The minimum Gasteiger partial charge on any atom is -0.388 e. The molecule has 3 N–H and O–H groups in total. The van der Waals surface area contributed by atoms with E-state index >= 15 is 0 Å². The van der Waals surface area contributed by atoms with Crippen LogP contribution in [0.5, 0.6) is 0 Å². The summed E-state index contributed by atoms with van der Waals surface area (Å²) in [4.78, 5) is 11.0. The number of rotatable bonds is 10. The Morgan fingerprint density at radius 3 is 2.67 bits per heavy atom. The van der Waals surface area contributed by atoms with Gasteiger partial charge in [-0.1, -0.05) is 42.5 Å². The molecule has 0 spiro atoms. The largest absolute Gasteiger partial charge is 0.388 e. The minimum absolute atomic E-state index is 0.332. The number of unbranched alkanes of at least 4 members (excludes halogenated alkanes) is 1. The van der Waals surface area contributed by atoms with Crippen LogP contribution in [0.3, 0.4) is 0 Å². The summed E-state index contributed by atoms with van der Waals surface area (Å²) in [5.74, 6) is 0.720. The van der Waals surface area contributed by atoms with Crippen LogP contribution in [0.15, 0.2) is 42.5 Å². The summed E-state index contributed by atoms with van der Waals surface area (Å²) in [6, 6.07) is 9.88. The predicted octanol–water partition coefficient (Wildman–Crippen LogP) is 3.92. The average molecular weight is 373 g/mol. The van der Waals surface area contributed by atoms with Crippen LogP contribution in [0.2, 0.25) is 0 Å². The number of benzene rings is 1. The third kappa shape index (κ3) is 5.41. The molecular formula is C22H31NO4. The summed E-state index contributed by atoms with van der Waals surface area (Å²) in [5.41, 5.74) is 2.65. The van der Waals surface area contributed by atoms with Crippen molar-refractivity contribution < 1.29 is 19.8 Å². The van der Waals surface area contributed by atoms with Gasteiger partial charge in [0.25, 0.3) is 0 Å². The SMILES string of the molecule is O=C(CCCC=CC[C@H]1[C@@H](CCC(O)c2ccccc2)[C@H]2CC[C@@H]1O2)NO. The number of aliphatic hydroxyl groups excluding tert-OH is 1. The van der Waals surface area contributed by atoms with Crippen molar-refractivity contribution in [3.05, 3.63) is 48.0 Å². The number of allylic oxidation sites excluding steroid dienone is 2. The van der Waals surface area contributed by atoms with Crippen molar-refractivity contribution in [3.63, 3.8) is 0 Å². The number of carbonyl (C=O) groups is 1. The van der Waals surface area contributed by atoms with E-state index < -0.39 is 6.10 Å².